The van der Waals surface area contributed by atoms with Crippen LogP contribution < -0.4 is 5.32 Å². The van der Waals surface area contributed by atoms with Gasteiger partial charge in [-0.2, -0.15) is 0 Å². The fraction of sp³-hybridized carbons (Fsp3) is 0.273. The van der Waals surface area contributed by atoms with Gasteiger partial charge in [0.05, 0.1) is 12.1 Å². The quantitative estimate of drug-likeness (QED) is 0.834. The highest BCUT2D eigenvalue weighted by molar-refractivity contribution is 7.90. The second-order valence-corrected chi connectivity index (χ2v) is 5.69. The predicted molar refractivity (Wildman–Crippen MR) is 63.3 cm³/mol. The first-order valence-electron chi connectivity index (χ1n) is 5.35. The van der Waals surface area contributed by atoms with E-state index in [1.165, 1.54) is 19.1 Å². The first-order chi connectivity index (χ1) is 8.44. The van der Waals surface area contributed by atoms with Gasteiger partial charge >= 0.3 is 0 Å². The minimum absolute atomic E-state index is 0.0258. The maximum Gasteiger partial charge on any atom is 0.269 e. The van der Waals surface area contributed by atoms with Gasteiger partial charge < -0.3 is 5.32 Å². The standard InChI is InChI=1S/C11H12N2O4S/c1-8(14)12-6-7-13-11(15)9-4-2-3-5-10(9)18(13,16)17/h2-5H,6-7H2,1H3,(H,12,14). The molecule has 96 valence electrons. The van der Waals surface area contributed by atoms with Gasteiger partial charge in [-0.1, -0.05) is 12.1 Å². The summed E-state index contributed by atoms with van der Waals surface area (Å²) in [6.45, 7) is 1.37. The topological polar surface area (TPSA) is 83.6 Å². The van der Waals surface area contributed by atoms with Gasteiger partial charge in [0.15, 0.2) is 0 Å². The Bertz CT molecular complexity index is 609. The van der Waals surface area contributed by atoms with Crippen LogP contribution in [0.5, 0.6) is 0 Å². The van der Waals surface area contributed by atoms with Crippen LogP contribution in [0.1, 0.15) is 17.3 Å². The van der Waals surface area contributed by atoms with Gasteiger partial charge in [0.25, 0.3) is 15.9 Å². The van der Waals surface area contributed by atoms with Crippen molar-refractivity contribution < 1.29 is 18.0 Å². The molecule has 1 aliphatic rings. The third-order valence-electron chi connectivity index (χ3n) is 2.60. The number of carbonyl (C=O) groups excluding carboxylic acids is 2. The number of carbonyl (C=O) groups is 2. The number of amides is 2. The summed E-state index contributed by atoms with van der Waals surface area (Å²) in [6.07, 6.45) is 0. The zero-order chi connectivity index (χ0) is 13.3. The summed E-state index contributed by atoms with van der Waals surface area (Å²) in [7, 11) is -3.76. The second kappa shape index (κ2) is 4.41. The van der Waals surface area contributed by atoms with E-state index in [9.17, 15) is 18.0 Å². The van der Waals surface area contributed by atoms with Crippen molar-refractivity contribution >= 4 is 21.8 Å². The van der Waals surface area contributed by atoms with E-state index < -0.39 is 15.9 Å². The van der Waals surface area contributed by atoms with Crippen molar-refractivity contribution in [3.63, 3.8) is 0 Å². The lowest BCUT2D eigenvalue weighted by molar-refractivity contribution is -0.118. The third kappa shape index (κ3) is 1.97. The number of fused-ring (bicyclic) bond motifs is 1. The van der Waals surface area contributed by atoms with Gasteiger partial charge in [-0.3, -0.25) is 9.59 Å². The number of sulfonamides is 1. The molecule has 0 atom stereocenters. The van der Waals surface area contributed by atoms with E-state index >= 15 is 0 Å². The van der Waals surface area contributed by atoms with Gasteiger partial charge in [0, 0.05) is 13.5 Å². The zero-order valence-electron chi connectivity index (χ0n) is 9.71. The normalized spacial score (nSPS) is 16.5. The van der Waals surface area contributed by atoms with Crippen molar-refractivity contribution in [2.75, 3.05) is 13.1 Å². The maximum atomic E-state index is 12.1. The summed E-state index contributed by atoms with van der Waals surface area (Å²) in [5.41, 5.74) is 0.181. The average Bonchev–Trinajstić information content (AvgIpc) is 2.50. The lowest BCUT2D eigenvalue weighted by atomic mass is 10.2. The van der Waals surface area contributed by atoms with Crippen LogP contribution in [0.3, 0.4) is 0 Å². The highest BCUT2D eigenvalue weighted by atomic mass is 32.2. The SMILES string of the molecule is CC(=O)NCCN1C(=O)c2ccccc2S1(=O)=O. The summed E-state index contributed by atoms with van der Waals surface area (Å²) in [5, 5.41) is 2.46. The molecule has 2 rings (SSSR count). The second-order valence-electron chi connectivity index (χ2n) is 3.86. The lowest BCUT2D eigenvalue weighted by Crippen LogP contribution is -2.37. The highest BCUT2D eigenvalue weighted by Crippen LogP contribution is 2.29. The number of hydrogen-bond acceptors (Lipinski definition) is 4. The fourth-order valence-electron chi connectivity index (χ4n) is 1.79. The largest absolute Gasteiger partial charge is 0.355 e. The minimum Gasteiger partial charge on any atom is -0.355 e. The van der Waals surface area contributed by atoms with Gasteiger partial charge in [-0.15, -0.1) is 0 Å². The number of benzene rings is 1. The van der Waals surface area contributed by atoms with Crippen LogP contribution in [0, 0.1) is 0 Å². The molecular weight excluding hydrogens is 256 g/mol. The Morgan fingerprint density at radius 3 is 2.61 bits per heavy atom. The number of rotatable bonds is 3. The van der Waals surface area contributed by atoms with Crippen LogP contribution in [0.2, 0.25) is 0 Å². The molecule has 18 heavy (non-hydrogen) atoms. The molecule has 0 bridgehead atoms. The van der Waals surface area contributed by atoms with E-state index in [-0.39, 0.29) is 29.5 Å². The average molecular weight is 268 g/mol. The molecule has 0 aromatic heterocycles. The molecule has 0 saturated carbocycles. The van der Waals surface area contributed by atoms with Crippen LogP contribution in [-0.2, 0) is 14.8 Å². The molecule has 0 aliphatic carbocycles. The van der Waals surface area contributed by atoms with Gasteiger partial charge in [0.2, 0.25) is 5.91 Å². The molecule has 1 aromatic carbocycles. The van der Waals surface area contributed by atoms with Crippen LogP contribution in [0.25, 0.3) is 0 Å². The first-order valence-corrected chi connectivity index (χ1v) is 6.79. The van der Waals surface area contributed by atoms with Crippen LogP contribution in [0.4, 0.5) is 0 Å². The monoisotopic (exact) mass is 268 g/mol. The Kier molecular flexibility index (Phi) is 3.08. The van der Waals surface area contributed by atoms with E-state index in [4.69, 9.17) is 0 Å². The molecule has 7 heteroatoms. The van der Waals surface area contributed by atoms with Crippen LogP contribution in [-0.4, -0.2) is 37.6 Å². The molecule has 1 N–H and O–H groups in total. The first kappa shape index (κ1) is 12.6. The Labute approximate surface area is 105 Å². The van der Waals surface area contributed by atoms with Crippen molar-refractivity contribution in [3.8, 4) is 0 Å². The van der Waals surface area contributed by atoms with Gasteiger partial charge in [-0.05, 0) is 12.1 Å². The van der Waals surface area contributed by atoms with E-state index in [2.05, 4.69) is 5.32 Å². The van der Waals surface area contributed by atoms with Gasteiger partial charge in [-0.25, -0.2) is 12.7 Å². The minimum atomic E-state index is -3.76. The van der Waals surface area contributed by atoms with Crippen molar-refractivity contribution in [3.05, 3.63) is 29.8 Å². The van der Waals surface area contributed by atoms with E-state index in [1.807, 2.05) is 0 Å². The molecule has 0 saturated heterocycles. The Balaban J connectivity index is 2.25. The Morgan fingerprint density at radius 2 is 2.00 bits per heavy atom. The van der Waals surface area contributed by atoms with E-state index in [1.54, 1.807) is 12.1 Å². The molecular formula is C11H12N2O4S. The fourth-order valence-corrected chi connectivity index (χ4v) is 3.36. The third-order valence-corrected chi connectivity index (χ3v) is 4.44. The molecule has 0 unspecified atom stereocenters. The van der Waals surface area contributed by atoms with Crippen molar-refractivity contribution in [2.24, 2.45) is 0 Å². The summed E-state index contributed by atoms with van der Waals surface area (Å²) < 4.78 is 24.9. The molecule has 2 amide bonds. The van der Waals surface area contributed by atoms with E-state index in [0.717, 1.165) is 4.31 Å². The number of nitrogens with zero attached hydrogens (tertiary/aromatic N) is 1. The summed E-state index contributed by atoms with van der Waals surface area (Å²) in [6, 6.07) is 6.07. The van der Waals surface area contributed by atoms with Crippen LogP contribution >= 0.6 is 0 Å². The number of hydrogen-bond donors (Lipinski definition) is 1. The lowest BCUT2D eigenvalue weighted by Gasteiger charge is -2.14. The molecule has 0 fully saturated rings. The van der Waals surface area contributed by atoms with Crippen molar-refractivity contribution in [1.82, 2.24) is 9.62 Å². The molecule has 1 heterocycles. The summed E-state index contributed by atoms with van der Waals surface area (Å²) >= 11 is 0. The molecule has 0 radical (unpaired) electrons. The van der Waals surface area contributed by atoms with Gasteiger partial charge in [0.1, 0.15) is 4.90 Å². The Morgan fingerprint density at radius 1 is 1.33 bits per heavy atom. The maximum absolute atomic E-state index is 12.1. The Hall–Kier alpha value is -1.89. The summed E-state index contributed by atoms with van der Waals surface area (Å²) in [5.74, 6) is -0.812. The summed E-state index contributed by atoms with van der Waals surface area (Å²) in [4.78, 5) is 22.7. The predicted octanol–water partition coefficient (Wildman–Crippen LogP) is -0.0328. The molecule has 1 aromatic rings. The molecule has 6 nitrogen and oxygen atoms in total. The molecule has 1 aliphatic heterocycles. The van der Waals surface area contributed by atoms with E-state index in [0.29, 0.717) is 0 Å². The smallest absolute Gasteiger partial charge is 0.269 e. The van der Waals surface area contributed by atoms with Crippen molar-refractivity contribution in [1.29, 1.82) is 0 Å². The van der Waals surface area contributed by atoms with Crippen LogP contribution in [0.15, 0.2) is 29.2 Å². The highest BCUT2D eigenvalue weighted by Gasteiger charge is 2.40. The zero-order valence-corrected chi connectivity index (χ0v) is 10.5. The molecule has 0 spiro atoms. The van der Waals surface area contributed by atoms with Crippen molar-refractivity contribution in [2.45, 2.75) is 11.8 Å². The number of nitrogens with one attached hydrogen (secondary N) is 1.